The Kier molecular flexibility index (Phi) is 6.49. The molecule has 3 aromatic carbocycles. The average Bonchev–Trinajstić information content (AvgIpc) is 3.30. The molecule has 2 N–H and O–H groups in total. The van der Waals surface area contributed by atoms with E-state index in [1.807, 2.05) is 89.6 Å². The number of hydrogen-bond acceptors (Lipinski definition) is 6. The number of fused-ring (bicyclic) bond motifs is 1. The van der Waals surface area contributed by atoms with E-state index in [9.17, 15) is 4.79 Å². The number of anilines is 1. The molecule has 2 heterocycles. The average molecular weight is 472 g/mol. The van der Waals surface area contributed by atoms with Crippen molar-refractivity contribution in [3.05, 3.63) is 102 Å². The SMILES string of the molecule is CCc1ccccc1NC(=O)C1Sc2nnc(COc3ccccc3)n2NC1c1ccccc1. The summed E-state index contributed by atoms with van der Waals surface area (Å²) < 4.78 is 7.71. The van der Waals surface area contributed by atoms with E-state index in [4.69, 9.17) is 4.74 Å². The zero-order valence-corrected chi connectivity index (χ0v) is 19.5. The van der Waals surface area contributed by atoms with Crippen LogP contribution in [-0.4, -0.2) is 26.0 Å². The van der Waals surface area contributed by atoms with Gasteiger partial charge in [-0.2, -0.15) is 0 Å². The first-order valence-electron chi connectivity index (χ1n) is 11.2. The lowest BCUT2D eigenvalue weighted by Gasteiger charge is -2.33. The second kappa shape index (κ2) is 10.0. The van der Waals surface area contributed by atoms with E-state index in [0.29, 0.717) is 11.0 Å². The molecule has 0 radical (unpaired) electrons. The van der Waals surface area contributed by atoms with Crippen LogP contribution in [0.4, 0.5) is 5.69 Å². The number of amides is 1. The minimum Gasteiger partial charge on any atom is -0.486 e. The lowest BCUT2D eigenvalue weighted by Crippen LogP contribution is -2.41. The molecule has 0 saturated carbocycles. The molecule has 0 spiro atoms. The Bertz CT molecular complexity index is 1260. The predicted octanol–water partition coefficient (Wildman–Crippen LogP) is 4.82. The van der Waals surface area contributed by atoms with Crippen molar-refractivity contribution in [2.24, 2.45) is 0 Å². The summed E-state index contributed by atoms with van der Waals surface area (Å²) in [7, 11) is 0. The van der Waals surface area contributed by atoms with E-state index in [1.54, 1.807) is 0 Å². The topological polar surface area (TPSA) is 81.1 Å². The molecule has 0 bridgehead atoms. The zero-order valence-electron chi connectivity index (χ0n) is 18.7. The number of hydrogen-bond donors (Lipinski definition) is 2. The Morgan fingerprint density at radius 1 is 1.00 bits per heavy atom. The number of carbonyl (C=O) groups is 1. The fourth-order valence-corrected chi connectivity index (χ4v) is 5.02. The van der Waals surface area contributed by atoms with Crippen molar-refractivity contribution in [1.29, 1.82) is 0 Å². The maximum absolute atomic E-state index is 13.5. The van der Waals surface area contributed by atoms with Crippen molar-refractivity contribution in [3.8, 4) is 5.75 Å². The molecule has 1 aliphatic heterocycles. The van der Waals surface area contributed by atoms with Crippen molar-refractivity contribution in [2.75, 3.05) is 10.7 Å². The highest BCUT2D eigenvalue weighted by molar-refractivity contribution is 8.00. The second-order valence-corrected chi connectivity index (χ2v) is 9.00. The largest absolute Gasteiger partial charge is 0.486 e. The first kappa shape index (κ1) is 22.0. The van der Waals surface area contributed by atoms with Gasteiger partial charge in [0.15, 0.2) is 5.82 Å². The van der Waals surface area contributed by atoms with Gasteiger partial charge in [0.25, 0.3) is 0 Å². The molecule has 4 aromatic rings. The van der Waals surface area contributed by atoms with E-state index >= 15 is 0 Å². The monoisotopic (exact) mass is 471 g/mol. The van der Waals surface area contributed by atoms with E-state index in [-0.39, 0.29) is 18.6 Å². The Balaban J connectivity index is 1.41. The van der Waals surface area contributed by atoms with Gasteiger partial charge in [-0.05, 0) is 35.7 Å². The summed E-state index contributed by atoms with van der Waals surface area (Å²) in [4.78, 5) is 13.5. The lowest BCUT2D eigenvalue weighted by molar-refractivity contribution is -0.116. The summed E-state index contributed by atoms with van der Waals surface area (Å²) in [6, 6.07) is 27.2. The Hall–Kier alpha value is -3.78. The van der Waals surface area contributed by atoms with Gasteiger partial charge < -0.3 is 15.5 Å². The summed E-state index contributed by atoms with van der Waals surface area (Å²) in [5.74, 6) is 1.32. The number of rotatable bonds is 7. The molecule has 5 rings (SSSR count). The second-order valence-electron chi connectivity index (χ2n) is 7.89. The van der Waals surface area contributed by atoms with Crippen LogP contribution in [0.25, 0.3) is 0 Å². The van der Waals surface area contributed by atoms with Crippen molar-refractivity contribution in [2.45, 2.75) is 36.4 Å². The number of nitrogens with one attached hydrogen (secondary N) is 2. The highest BCUT2D eigenvalue weighted by atomic mass is 32.2. The number of aromatic nitrogens is 3. The molecule has 0 saturated heterocycles. The highest BCUT2D eigenvalue weighted by Gasteiger charge is 2.38. The first-order valence-corrected chi connectivity index (χ1v) is 12.1. The molecule has 0 aliphatic carbocycles. The summed E-state index contributed by atoms with van der Waals surface area (Å²) in [6.45, 7) is 2.34. The smallest absolute Gasteiger partial charge is 0.240 e. The highest BCUT2D eigenvalue weighted by Crippen LogP contribution is 2.37. The number of thioether (sulfide) groups is 1. The maximum Gasteiger partial charge on any atom is 0.240 e. The third-order valence-corrected chi connectivity index (χ3v) is 6.90. The quantitative estimate of drug-likeness (QED) is 0.402. The van der Waals surface area contributed by atoms with Crippen molar-refractivity contribution < 1.29 is 9.53 Å². The van der Waals surface area contributed by atoms with Gasteiger partial charge in [0.1, 0.15) is 17.6 Å². The number of aryl methyl sites for hydroxylation is 1. The molecule has 172 valence electrons. The molecule has 7 nitrogen and oxygen atoms in total. The van der Waals surface area contributed by atoms with Crippen LogP contribution in [0.15, 0.2) is 90.1 Å². The third kappa shape index (κ3) is 4.63. The molecule has 2 unspecified atom stereocenters. The Morgan fingerprint density at radius 3 is 2.47 bits per heavy atom. The normalized spacial score (nSPS) is 16.9. The Morgan fingerprint density at radius 2 is 1.71 bits per heavy atom. The number of para-hydroxylation sites is 2. The van der Waals surface area contributed by atoms with Gasteiger partial charge in [0, 0.05) is 5.69 Å². The van der Waals surface area contributed by atoms with Crippen LogP contribution in [0.2, 0.25) is 0 Å². The van der Waals surface area contributed by atoms with Gasteiger partial charge >= 0.3 is 0 Å². The van der Waals surface area contributed by atoms with Crippen LogP contribution in [0.5, 0.6) is 5.75 Å². The molecular weight excluding hydrogens is 446 g/mol. The third-order valence-electron chi connectivity index (χ3n) is 5.69. The maximum atomic E-state index is 13.5. The fourth-order valence-electron chi connectivity index (χ4n) is 3.92. The summed E-state index contributed by atoms with van der Waals surface area (Å²) in [5.41, 5.74) is 6.42. The summed E-state index contributed by atoms with van der Waals surface area (Å²) in [5, 5.41) is 12.0. The molecule has 1 amide bonds. The van der Waals surface area contributed by atoms with E-state index in [2.05, 4.69) is 27.9 Å². The fraction of sp³-hybridized carbons (Fsp3) is 0.192. The minimum absolute atomic E-state index is 0.0800. The lowest BCUT2D eigenvalue weighted by atomic mass is 10.0. The minimum atomic E-state index is -0.438. The number of nitrogens with zero attached hydrogens (tertiary/aromatic N) is 3. The van der Waals surface area contributed by atoms with Crippen LogP contribution in [0, 0.1) is 0 Å². The standard InChI is InChI=1S/C26H25N5O2S/c1-2-18-11-9-10-16-21(18)27-25(32)24-23(19-12-5-3-6-13-19)30-31-22(28-29-26(31)34-24)17-33-20-14-7-4-8-15-20/h3-16,23-24,30H,2,17H2,1H3,(H,27,32). The van der Waals surface area contributed by atoms with Crippen molar-refractivity contribution in [3.63, 3.8) is 0 Å². The molecule has 0 fully saturated rings. The summed E-state index contributed by atoms with van der Waals surface area (Å²) in [6.07, 6.45) is 0.841. The first-order chi connectivity index (χ1) is 16.7. The van der Waals surface area contributed by atoms with Crippen LogP contribution < -0.4 is 15.5 Å². The van der Waals surface area contributed by atoms with Gasteiger partial charge in [0.05, 0.1) is 6.04 Å². The van der Waals surface area contributed by atoms with E-state index in [1.165, 1.54) is 11.8 Å². The van der Waals surface area contributed by atoms with Crippen molar-refractivity contribution >= 4 is 23.4 Å². The molecular formula is C26H25N5O2S. The van der Waals surface area contributed by atoms with Crippen LogP contribution >= 0.6 is 11.8 Å². The van der Waals surface area contributed by atoms with Crippen LogP contribution in [0.3, 0.4) is 0 Å². The molecule has 8 heteroatoms. The predicted molar refractivity (Wildman–Crippen MR) is 133 cm³/mol. The van der Waals surface area contributed by atoms with Gasteiger partial charge in [-0.1, -0.05) is 85.4 Å². The summed E-state index contributed by atoms with van der Waals surface area (Å²) >= 11 is 1.40. The van der Waals surface area contributed by atoms with Gasteiger partial charge in [-0.25, -0.2) is 4.68 Å². The van der Waals surface area contributed by atoms with Crippen LogP contribution in [0.1, 0.15) is 29.9 Å². The van der Waals surface area contributed by atoms with Gasteiger partial charge in [-0.15, -0.1) is 10.2 Å². The number of carbonyl (C=O) groups excluding carboxylic acids is 1. The molecule has 1 aromatic heterocycles. The molecule has 2 atom stereocenters. The number of ether oxygens (including phenoxy) is 1. The van der Waals surface area contributed by atoms with E-state index < -0.39 is 5.25 Å². The van der Waals surface area contributed by atoms with E-state index in [0.717, 1.165) is 29.0 Å². The number of benzene rings is 3. The molecule has 34 heavy (non-hydrogen) atoms. The van der Waals surface area contributed by atoms with Crippen LogP contribution in [-0.2, 0) is 17.8 Å². The zero-order chi connectivity index (χ0) is 23.3. The van der Waals surface area contributed by atoms with Gasteiger partial charge in [-0.3, -0.25) is 4.79 Å². The van der Waals surface area contributed by atoms with Crippen molar-refractivity contribution in [1.82, 2.24) is 14.9 Å². The molecule has 1 aliphatic rings. The van der Waals surface area contributed by atoms with Gasteiger partial charge in [0.2, 0.25) is 11.1 Å². The Labute approximate surface area is 202 Å².